The Morgan fingerprint density at radius 3 is 2.84 bits per heavy atom. The van der Waals surface area contributed by atoms with Gasteiger partial charge in [-0.05, 0) is 117 Å². The van der Waals surface area contributed by atoms with E-state index < -0.39 is 16.6 Å². The number of benzene rings is 2. The molecule has 262 valence electrons. The lowest BCUT2D eigenvalue weighted by Gasteiger charge is -2.47. The summed E-state index contributed by atoms with van der Waals surface area (Å²) >= 11 is 6.46. The molecule has 2 bridgehead atoms. The second kappa shape index (κ2) is 14.5. The molecule has 2 aliphatic carbocycles. The number of pyridine rings is 1. The number of anilines is 1. The fourth-order valence-corrected chi connectivity index (χ4v) is 9.43. The first kappa shape index (κ1) is 34.8. The molecular formula is C41H46ClN3O4S. The van der Waals surface area contributed by atoms with Gasteiger partial charge in [-0.25, -0.2) is 4.21 Å². The number of halogens is 1. The van der Waals surface area contributed by atoms with Crippen molar-refractivity contribution < 1.29 is 18.8 Å². The summed E-state index contributed by atoms with van der Waals surface area (Å²) in [7, 11) is -1.60. The Kier molecular flexibility index (Phi) is 10.1. The molecule has 2 aliphatic heterocycles. The normalized spacial score (nSPS) is 31.4. The molecule has 3 aromatic rings. The van der Waals surface area contributed by atoms with Crippen LogP contribution in [0.25, 0.3) is 0 Å². The lowest BCUT2D eigenvalue weighted by Crippen LogP contribution is -2.52. The van der Waals surface area contributed by atoms with Crippen LogP contribution in [0.15, 0.2) is 72.9 Å². The van der Waals surface area contributed by atoms with Gasteiger partial charge >= 0.3 is 0 Å². The summed E-state index contributed by atoms with van der Waals surface area (Å²) in [5.74, 6) is 7.08. The summed E-state index contributed by atoms with van der Waals surface area (Å²) in [4.78, 5) is 20.3. The smallest absolute Gasteiger partial charge is 0.263 e. The third kappa shape index (κ3) is 7.10. The number of aromatic nitrogens is 1. The average molecular weight is 712 g/mol. The van der Waals surface area contributed by atoms with Crippen LogP contribution in [0.5, 0.6) is 5.75 Å². The second-order valence-electron chi connectivity index (χ2n) is 14.7. The number of amides is 1. The molecular weight excluding hydrogens is 666 g/mol. The maximum atomic E-state index is 13.5. The van der Waals surface area contributed by atoms with Crippen molar-refractivity contribution in [3.8, 4) is 17.6 Å². The molecule has 1 spiro atoms. The van der Waals surface area contributed by atoms with Gasteiger partial charge in [0.05, 0.1) is 17.5 Å². The fraction of sp³-hybridized carbons (Fsp3) is 0.463. The molecule has 7 nitrogen and oxygen atoms in total. The summed E-state index contributed by atoms with van der Waals surface area (Å²) in [6.45, 7) is 5.82. The zero-order valence-electron chi connectivity index (χ0n) is 28.9. The first-order valence-electron chi connectivity index (χ1n) is 18.0. The number of carbonyl (C=O) groups is 1. The van der Waals surface area contributed by atoms with Crippen molar-refractivity contribution in [1.82, 2.24) is 9.71 Å². The highest BCUT2D eigenvalue weighted by Gasteiger charge is 2.47. The van der Waals surface area contributed by atoms with Crippen LogP contribution in [0, 0.1) is 29.6 Å². The van der Waals surface area contributed by atoms with Crippen molar-refractivity contribution in [2.24, 2.45) is 17.8 Å². The average Bonchev–Trinajstić information content (AvgIpc) is 3.24. The quantitative estimate of drug-likeness (QED) is 0.220. The number of aliphatic hydroxyl groups is 1. The van der Waals surface area contributed by atoms with E-state index in [1.165, 1.54) is 11.1 Å². The lowest BCUT2D eigenvalue weighted by atomic mass is 9.64. The minimum absolute atomic E-state index is 0.000723. The molecule has 5 unspecified atom stereocenters. The van der Waals surface area contributed by atoms with Gasteiger partial charge in [-0.2, -0.15) is 0 Å². The molecule has 1 aromatic heterocycles. The summed E-state index contributed by atoms with van der Waals surface area (Å²) < 4.78 is 22.8. The lowest BCUT2D eigenvalue weighted by molar-refractivity contribution is -0.00325. The van der Waals surface area contributed by atoms with Gasteiger partial charge in [0, 0.05) is 59.7 Å². The number of hydrogen-bond acceptors (Lipinski definition) is 6. The molecule has 50 heavy (non-hydrogen) atoms. The first-order chi connectivity index (χ1) is 24.1. The maximum absolute atomic E-state index is 13.5. The van der Waals surface area contributed by atoms with Crippen LogP contribution in [0.4, 0.5) is 5.69 Å². The number of carbonyl (C=O) groups excluding carboxylic acids is 1. The predicted octanol–water partition coefficient (Wildman–Crippen LogP) is 6.98. The van der Waals surface area contributed by atoms with Crippen molar-refractivity contribution in [2.75, 3.05) is 24.6 Å². The summed E-state index contributed by atoms with van der Waals surface area (Å²) in [5, 5.41) is 12.8. The number of aryl methyl sites for hydroxylation is 2. The van der Waals surface area contributed by atoms with E-state index >= 15 is 0 Å². The third-order valence-electron chi connectivity index (χ3n) is 11.5. The van der Waals surface area contributed by atoms with E-state index in [9.17, 15) is 14.1 Å². The van der Waals surface area contributed by atoms with Crippen molar-refractivity contribution >= 4 is 34.2 Å². The van der Waals surface area contributed by atoms with Gasteiger partial charge in [0.15, 0.2) is 0 Å². The molecule has 3 heterocycles. The van der Waals surface area contributed by atoms with Crippen molar-refractivity contribution in [2.45, 2.75) is 81.5 Å². The molecule has 0 radical (unpaired) electrons. The Labute approximate surface area is 303 Å². The Morgan fingerprint density at radius 2 is 2.04 bits per heavy atom. The Bertz CT molecular complexity index is 1860. The van der Waals surface area contributed by atoms with E-state index in [4.69, 9.17) is 16.3 Å². The zero-order valence-corrected chi connectivity index (χ0v) is 30.4. The van der Waals surface area contributed by atoms with Crippen molar-refractivity contribution in [3.63, 3.8) is 0 Å². The highest BCUT2D eigenvalue weighted by atomic mass is 35.5. The van der Waals surface area contributed by atoms with E-state index in [2.05, 4.69) is 38.6 Å². The van der Waals surface area contributed by atoms with Gasteiger partial charge in [-0.1, -0.05) is 48.6 Å². The zero-order chi connectivity index (χ0) is 34.9. The summed E-state index contributed by atoms with van der Waals surface area (Å²) in [6.07, 6.45) is 12.4. The molecule has 2 aromatic carbocycles. The van der Waals surface area contributed by atoms with Crippen LogP contribution < -0.4 is 14.4 Å². The Morgan fingerprint density at radius 1 is 1.16 bits per heavy atom. The maximum Gasteiger partial charge on any atom is 0.263 e. The first-order valence-corrected chi connectivity index (χ1v) is 19.6. The number of ether oxygens (including phenoxy) is 1. The predicted molar refractivity (Wildman–Crippen MR) is 200 cm³/mol. The Hall–Kier alpha value is -3.64. The summed E-state index contributed by atoms with van der Waals surface area (Å²) in [6, 6.07) is 17.7. The van der Waals surface area contributed by atoms with E-state index in [0.29, 0.717) is 38.1 Å². The summed E-state index contributed by atoms with van der Waals surface area (Å²) in [5.41, 5.74) is 3.24. The molecule has 1 saturated carbocycles. The van der Waals surface area contributed by atoms with Gasteiger partial charge in [0.25, 0.3) is 5.91 Å². The Balaban J connectivity index is 1.26. The molecule has 7 atom stereocenters. The SMILES string of the molecule is CC1C/C=C/[C@](O)(C#CCCc2ccccn2)C2CCC2CN2C[C@@]3(CCCc4cc(Cl)ccc43)COc3ccc(cc32)C(=O)NS(=O)C1C. The number of nitrogens with zero attached hydrogens (tertiary/aromatic N) is 2. The molecule has 9 heteroatoms. The molecule has 0 saturated heterocycles. The van der Waals surface area contributed by atoms with Crippen molar-refractivity contribution in [3.05, 3.63) is 100 Å². The van der Waals surface area contributed by atoms with Gasteiger partial charge in [0.1, 0.15) is 22.3 Å². The van der Waals surface area contributed by atoms with Gasteiger partial charge in [-0.3, -0.25) is 14.5 Å². The molecule has 2 N–H and O–H groups in total. The number of fused-ring (bicyclic) bond motifs is 4. The van der Waals surface area contributed by atoms with Gasteiger partial charge in [0.2, 0.25) is 0 Å². The van der Waals surface area contributed by atoms with E-state index in [1.807, 2.05) is 62.4 Å². The van der Waals surface area contributed by atoms with E-state index in [1.54, 1.807) is 12.3 Å². The van der Waals surface area contributed by atoms with E-state index in [-0.39, 0.29) is 34.3 Å². The second-order valence-corrected chi connectivity index (χ2v) is 16.7. The molecule has 1 amide bonds. The number of allylic oxidation sites excluding steroid dienone is 1. The fourth-order valence-electron chi connectivity index (χ4n) is 8.21. The minimum atomic E-state index is -1.60. The molecule has 1 fully saturated rings. The number of nitrogens with one attached hydrogen (secondary N) is 1. The molecule has 7 rings (SSSR count). The van der Waals surface area contributed by atoms with Crippen molar-refractivity contribution in [1.29, 1.82) is 0 Å². The standard InChI is InChI=1S/C41H46ClN3O4S/c1-28-9-7-21-41(47,20-5-3-11-34-12-4-6-22-43-34)36-16-13-32(36)25-45-26-40(19-8-10-30-23-33(42)15-17-35(30)40)27-49-38-18-14-31(24-37(38)45)39(46)44-50(48)29(28)2/h4,6-7,12,14-15,17-18,21-24,28-29,32,36,47H,3,8-11,13,16,19,25-27H2,1-2H3,(H,44,46)/b21-7+/t28?,29?,32?,36?,40-,41+,50?/m0/s1. The number of hydrogen-bond donors (Lipinski definition) is 2. The minimum Gasteiger partial charge on any atom is -0.490 e. The highest BCUT2D eigenvalue weighted by molar-refractivity contribution is 7.84. The van der Waals surface area contributed by atoms with Crippen LogP contribution in [0.3, 0.4) is 0 Å². The van der Waals surface area contributed by atoms with Crippen LogP contribution in [-0.2, 0) is 29.2 Å². The van der Waals surface area contributed by atoms with Crippen LogP contribution in [0.2, 0.25) is 5.02 Å². The van der Waals surface area contributed by atoms with E-state index in [0.717, 1.165) is 60.7 Å². The largest absolute Gasteiger partial charge is 0.490 e. The van der Waals surface area contributed by atoms with Crippen LogP contribution in [-0.4, -0.2) is 50.8 Å². The van der Waals surface area contributed by atoms with Gasteiger partial charge < -0.3 is 14.7 Å². The monoisotopic (exact) mass is 711 g/mol. The van der Waals surface area contributed by atoms with Crippen LogP contribution >= 0.6 is 11.6 Å². The third-order valence-corrected chi connectivity index (χ3v) is 13.2. The number of rotatable bonds is 2. The topological polar surface area (TPSA) is 91.8 Å². The van der Waals surface area contributed by atoms with Gasteiger partial charge in [-0.15, -0.1) is 0 Å². The van der Waals surface area contributed by atoms with Crippen LogP contribution in [0.1, 0.15) is 79.6 Å². The highest BCUT2D eigenvalue weighted by Crippen LogP contribution is 2.48. The molecule has 4 aliphatic rings.